The van der Waals surface area contributed by atoms with E-state index in [-0.39, 0.29) is 45.1 Å². The third kappa shape index (κ3) is 11.0. The SMILES string of the molecule is CCOC(Cc1ccc(OCCN(CCOCC(C)(F)F)C(=O)Oc2ccc(F)c(F)c2)cc1)C(=O)O. The van der Waals surface area contributed by atoms with Crippen LogP contribution in [-0.2, 0) is 20.7 Å². The van der Waals surface area contributed by atoms with Gasteiger partial charge >= 0.3 is 12.1 Å². The normalized spacial score (nSPS) is 12.2. The molecule has 0 radical (unpaired) electrons. The molecule has 1 amide bonds. The van der Waals surface area contributed by atoms with Crippen LogP contribution in [0.1, 0.15) is 19.4 Å². The summed E-state index contributed by atoms with van der Waals surface area (Å²) in [6, 6.07) is 9.18. The van der Waals surface area contributed by atoms with Crippen LogP contribution in [0.15, 0.2) is 42.5 Å². The Morgan fingerprint density at radius 2 is 1.65 bits per heavy atom. The first-order valence-corrected chi connectivity index (χ1v) is 11.4. The van der Waals surface area contributed by atoms with Crippen molar-refractivity contribution in [1.29, 1.82) is 0 Å². The van der Waals surface area contributed by atoms with E-state index in [9.17, 15) is 32.3 Å². The molecule has 1 unspecified atom stereocenters. The first kappa shape index (κ1) is 29.8. The quantitative estimate of drug-likeness (QED) is 0.266. The Hall–Kier alpha value is -3.38. The van der Waals surface area contributed by atoms with Crippen molar-refractivity contribution in [3.8, 4) is 11.5 Å². The van der Waals surface area contributed by atoms with E-state index in [2.05, 4.69) is 0 Å². The van der Waals surface area contributed by atoms with Crippen LogP contribution >= 0.6 is 0 Å². The van der Waals surface area contributed by atoms with Crippen LogP contribution in [0.4, 0.5) is 22.4 Å². The third-order valence-corrected chi connectivity index (χ3v) is 4.83. The first-order valence-electron chi connectivity index (χ1n) is 11.4. The molecule has 0 aromatic heterocycles. The van der Waals surface area contributed by atoms with Gasteiger partial charge in [0.25, 0.3) is 5.92 Å². The second-order valence-corrected chi connectivity index (χ2v) is 8.03. The Kier molecular flexibility index (Phi) is 11.6. The van der Waals surface area contributed by atoms with Crippen molar-refractivity contribution >= 4 is 12.1 Å². The zero-order chi connectivity index (χ0) is 27.4. The molecular weight excluding hydrogens is 502 g/mol. The summed E-state index contributed by atoms with van der Waals surface area (Å²) in [5.74, 6) is -6.22. The zero-order valence-electron chi connectivity index (χ0n) is 20.4. The molecule has 2 aromatic carbocycles. The summed E-state index contributed by atoms with van der Waals surface area (Å²) in [6.45, 7) is 1.40. The number of carboxylic acids is 1. The van der Waals surface area contributed by atoms with E-state index in [0.717, 1.165) is 22.6 Å². The highest BCUT2D eigenvalue weighted by molar-refractivity contribution is 5.72. The van der Waals surface area contributed by atoms with Crippen molar-refractivity contribution in [1.82, 2.24) is 4.90 Å². The fourth-order valence-corrected chi connectivity index (χ4v) is 3.05. The molecule has 2 rings (SSSR count). The van der Waals surface area contributed by atoms with Crippen LogP contribution < -0.4 is 9.47 Å². The van der Waals surface area contributed by atoms with Crippen LogP contribution in [0, 0.1) is 11.6 Å². The summed E-state index contributed by atoms with van der Waals surface area (Å²) in [4.78, 5) is 24.9. The molecule has 0 spiro atoms. The number of aliphatic carboxylic acids is 1. The number of rotatable bonds is 15. The summed E-state index contributed by atoms with van der Waals surface area (Å²) in [5, 5.41) is 9.20. The largest absolute Gasteiger partial charge is 0.492 e. The Labute approximate surface area is 211 Å². The number of ether oxygens (including phenoxy) is 4. The standard InChI is InChI=1S/C25H29F4NO7/c1-3-35-22(23(31)32)14-17-4-6-18(7-5-17)36-13-11-30(10-12-34-16-25(2,28)29)24(33)37-19-8-9-20(26)21(27)15-19/h4-9,15,22H,3,10-14,16H2,1-2H3,(H,31,32). The van der Waals surface area contributed by atoms with Crippen molar-refractivity contribution in [3.05, 3.63) is 59.7 Å². The Morgan fingerprint density at radius 3 is 2.24 bits per heavy atom. The van der Waals surface area contributed by atoms with Gasteiger partial charge in [-0.3, -0.25) is 0 Å². The van der Waals surface area contributed by atoms with Gasteiger partial charge in [-0.15, -0.1) is 0 Å². The monoisotopic (exact) mass is 531 g/mol. The van der Waals surface area contributed by atoms with Gasteiger partial charge in [0, 0.05) is 32.6 Å². The van der Waals surface area contributed by atoms with Crippen LogP contribution in [0.25, 0.3) is 0 Å². The lowest BCUT2D eigenvalue weighted by Crippen LogP contribution is -2.39. The average Bonchev–Trinajstić information content (AvgIpc) is 2.83. The van der Waals surface area contributed by atoms with Gasteiger partial charge in [-0.05, 0) is 36.8 Å². The van der Waals surface area contributed by atoms with Gasteiger partial charge < -0.3 is 29.0 Å². The van der Waals surface area contributed by atoms with E-state index in [1.54, 1.807) is 31.2 Å². The number of halogens is 4. The molecule has 2 aromatic rings. The molecule has 0 saturated heterocycles. The number of benzene rings is 2. The molecule has 0 saturated carbocycles. The third-order valence-electron chi connectivity index (χ3n) is 4.83. The molecule has 1 atom stereocenters. The van der Waals surface area contributed by atoms with E-state index in [4.69, 9.17) is 18.9 Å². The maximum atomic E-state index is 13.4. The lowest BCUT2D eigenvalue weighted by Gasteiger charge is -2.22. The van der Waals surface area contributed by atoms with E-state index >= 15 is 0 Å². The van der Waals surface area contributed by atoms with E-state index < -0.39 is 42.3 Å². The number of hydrogen-bond donors (Lipinski definition) is 1. The molecule has 1 N–H and O–H groups in total. The number of alkyl halides is 2. The van der Waals surface area contributed by atoms with Crippen molar-refractivity contribution in [2.24, 2.45) is 0 Å². The molecule has 0 heterocycles. The van der Waals surface area contributed by atoms with Gasteiger partial charge in [-0.2, -0.15) is 0 Å². The molecule has 0 fully saturated rings. The fourth-order valence-electron chi connectivity index (χ4n) is 3.05. The van der Waals surface area contributed by atoms with E-state index in [1.807, 2.05) is 0 Å². The van der Waals surface area contributed by atoms with Gasteiger partial charge in [0.15, 0.2) is 17.7 Å². The number of hydrogen-bond acceptors (Lipinski definition) is 6. The number of nitrogens with zero attached hydrogens (tertiary/aromatic N) is 1. The molecular formula is C25H29F4NO7. The first-order chi connectivity index (χ1) is 17.5. The summed E-state index contributed by atoms with van der Waals surface area (Å²) >= 11 is 0. The van der Waals surface area contributed by atoms with Crippen LogP contribution in [0.2, 0.25) is 0 Å². The maximum absolute atomic E-state index is 13.4. The molecule has 12 heteroatoms. The maximum Gasteiger partial charge on any atom is 0.415 e. The van der Waals surface area contributed by atoms with E-state index in [1.165, 1.54) is 0 Å². The van der Waals surface area contributed by atoms with Crippen LogP contribution in [0.3, 0.4) is 0 Å². The lowest BCUT2D eigenvalue weighted by atomic mass is 10.1. The van der Waals surface area contributed by atoms with Gasteiger partial charge in [-0.1, -0.05) is 12.1 Å². The Balaban J connectivity index is 1.95. The molecule has 0 bridgehead atoms. The van der Waals surface area contributed by atoms with Crippen molar-refractivity contribution < 1.29 is 51.2 Å². The fraction of sp³-hybridized carbons (Fsp3) is 0.440. The molecule has 0 aliphatic carbocycles. The summed E-state index contributed by atoms with van der Waals surface area (Å²) < 4.78 is 73.3. The predicted molar refractivity (Wildman–Crippen MR) is 124 cm³/mol. The zero-order valence-corrected chi connectivity index (χ0v) is 20.4. The molecule has 204 valence electrons. The van der Waals surface area contributed by atoms with Gasteiger partial charge in [0.2, 0.25) is 0 Å². The van der Waals surface area contributed by atoms with Crippen molar-refractivity contribution in [3.63, 3.8) is 0 Å². The average molecular weight is 531 g/mol. The van der Waals surface area contributed by atoms with Gasteiger partial charge in [-0.25, -0.2) is 27.2 Å². The predicted octanol–water partition coefficient (Wildman–Crippen LogP) is 4.55. The second kappa shape index (κ2) is 14.4. The minimum Gasteiger partial charge on any atom is -0.492 e. The Morgan fingerprint density at radius 1 is 1.00 bits per heavy atom. The van der Waals surface area contributed by atoms with Gasteiger partial charge in [0.1, 0.15) is 24.7 Å². The van der Waals surface area contributed by atoms with Gasteiger partial charge in [0.05, 0.1) is 13.2 Å². The van der Waals surface area contributed by atoms with Crippen molar-refractivity contribution in [2.45, 2.75) is 32.3 Å². The summed E-state index contributed by atoms with van der Waals surface area (Å²) in [6.07, 6.45) is -1.74. The highest BCUT2D eigenvalue weighted by Crippen LogP contribution is 2.18. The number of amides is 1. The molecule has 37 heavy (non-hydrogen) atoms. The van der Waals surface area contributed by atoms with E-state index in [0.29, 0.717) is 18.7 Å². The van der Waals surface area contributed by atoms with Crippen LogP contribution in [0.5, 0.6) is 11.5 Å². The molecule has 0 aliphatic heterocycles. The Bertz CT molecular complexity index is 1020. The van der Waals surface area contributed by atoms with Crippen LogP contribution in [-0.4, -0.2) is 73.6 Å². The minimum atomic E-state index is -3.04. The lowest BCUT2D eigenvalue weighted by molar-refractivity contribution is -0.149. The number of carbonyl (C=O) groups excluding carboxylic acids is 1. The van der Waals surface area contributed by atoms with Crippen molar-refractivity contribution in [2.75, 3.05) is 39.5 Å². The molecule has 0 aliphatic rings. The second-order valence-electron chi connectivity index (χ2n) is 8.03. The summed E-state index contributed by atoms with van der Waals surface area (Å²) in [5.41, 5.74) is 0.717. The number of carboxylic acid groups (broad SMARTS) is 1. The summed E-state index contributed by atoms with van der Waals surface area (Å²) in [7, 11) is 0. The highest BCUT2D eigenvalue weighted by atomic mass is 19.3. The topological polar surface area (TPSA) is 94.5 Å². The molecule has 8 nitrogen and oxygen atoms in total. The minimum absolute atomic E-state index is 0.0210. The number of carbonyl (C=O) groups is 2. The highest BCUT2D eigenvalue weighted by Gasteiger charge is 2.22. The smallest absolute Gasteiger partial charge is 0.415 e.